The van der Waals surface area contributed by atoms with Crippen LogP contribution in [0.4, 0.5) is 0 Å². The van der Waals surface area contributed by atoms with Crippen LogP contribution < -0.4 is 10.4 Å². The number of Topliss-reactive ketones (excluding diaryl/α,β-unsaturated/α-hetero) is 1. The molecule has 0 fully saturated rings. The Morgan fingerprint density at radius 1 is 1.36 bits per heavy atom. The lowest BCUT2D eigenvalue weighted by molar-refractivity contribution is 0.0948. The number of carbonyl (C=O) groups excluding carboxylic acids is 1. The van der Waals surface area contributed by atoms with E-state index in [0.29, 0.717) is 17.7 Å². The number of hydrogen-bond acceptors (Lipinski definition) is 5. The van der Waals surface area contributed by atoms with E-state index in [0.717, 1.165) is 0 Å². The summed E-state index contributed by atoms with van der Waals surface area (Å²) in [7, 11) is 1.52. The minimum atomic E-state index is -0.823. The molecule has 0 radical (unpaired) electrons. The Balaban J connectivity index is 2.53. The fourth-order valence-electron chi connectivity index (χ4n) is 2.50. The van der Waals surface area contributed by atoms with Gasteiger partial charge in [-0.05, 0) is 19.4 Å². The Kier molecular flexibility index (Phi) is 4.65. The molecule has 0 aliphatic heterocycles. The molecule has 1 N–H and O–H groups in total. The van der Waals surface area contributed by atoms with Crippen molar-refractivity contribution in [1.29, 1.82) is 0 Å². The van der Waals surface area contributed by atoms with Crippen LogP contribution in [0.5, 0.6) is 11.5 Å². The van der Waals surface area contributed by atoms with Crippen molar-refractivity contribution in [2.24, 2.45) is 0 Å². The van der Waals surface area contributed by atoms with Gasteiger partial charge in [0.1, 0.15) is 22.8 Å². The first-order valence-electron chi connectivity index (χ1n) is 7.00. The lowest BCUT2D eigenvalue weighted by Gasteiger charge is -2.17. The Labute approximate surface area is 128 Å². The van der Waals surface area contributed by atoms with E-state index in [4.69, 9.17) is 9.15 Å². The average Bonchev–Trinajstić information content (AvgIpc) is 2.47. The van der Waals surface area contributed by atoms with Gasteiger partial charge in [0, 0.05) is 11.6 Å². The second-order valence-corrected chi connectivity index (χ2v) is 4.97. The highest BCUT2D eigenvalue weighted by Gasteiger charge is 2.28. The monoisotopic (exact) mass is 302 g/mol. The first kappa shape index (κ1) is 15.8. The molecule has 1 aromatic heterocycles. The summed E-state index contributed by atoms with van der Waals surface area (Å²) in [6.07, 6.45) is 0.464. The Hall–Kier alpha value is -2.56. The average molecular weight is 302 g/mol. The molecule has 0 saturated carbocycles. The van der Waals surface area contributed by atoms with Gasteiger partial charge >= 0.3 is 5.63 Å². The first-order chi connectivity index (χ1) is 10.5. The van der Waals surface area contributed by atoms with E-state index in [1.165, 1.54) is 20.1 Å². The summed E-state index contributed by atoms with van der Waals surface area (Å²) < 4.78 is 10.2. The molecule has 2 aromatic rings. The standard InChI is InChI=1S/C17H18O5/c1-4-11(12-7-5-6-8-14(12)21-3)16(19)15-13(18)9-10(2)22-17(15)20/h5-9,11,18H,4H2,1-3H3. The van der Waals surface area contributed by atoms with Crippen LogP contribution in [-0.4, -0.2) is 18.0 Å². The number of methoxy groups -OCH3 is 1. The number of rotatable bonds is 5. The number of hydrogen-bond donors (Lipinski definition) is 1. The zero-order valence-electron chi connectivity index (χ0n) is 12.8. The third-order valence-electron chi connectivity index (χ3n) is 3.54. The maximum absolute atomic E-state index is 12.7. The number of aromatic hydroxyl groups is 1. The van der Waals surface area contributed by atoms with Gasteiger partial charge in [0.2, 0.25) is 0 Å². The Morgan fingerprint density at radius 3 is 2.64 bits per heavy atom. The molecule has 22 heavy (non-hydrogen) atoms. The molecule has 0 bridgehead atoms. The highest BCUT2D eigenvalue weighted by molar-refractivity contribution is 6.02. The van der Waals surface area contributed by atoms with E-state index < -0.39 is 17.3 Å². The molecule has 0 spiro atoms. The molecule has 0 amide bonds. The van der Waals surface area contributed by atoms with Crippen molar-refractivity contribution >= 4 is 5.78 Å². The van der Waals surface area contributed by atoms with Gasteiger partial charge in [-0.1, -0.05) is 25.1 Å². The van der Waals surface area contributed by atoms with E-state index in [1.54, 1.807) is 24.3 Å². The van der Waals surface area contributed by atoms with E-state index in [2.05, 4.69) is 0 Å². The fourth-order valence-corrected chi connectivity index (χ4v) is 2.50. The molecule has 0 aliphatic carbocycles. The molecule has 0 saturated heterocycles. The predicted octanol–water partition coefficient (Wildman–Crippen LogP) is 3.04. The van der Waals surface area contributed by atoms with Crippen molar-refractivity contribution in [1.82, 2.24) is 0 Å². The highest BCUT2D eigenvalue weighted by Crippen LogP contribution is 2.32. The van der Waals surface area contributed by atoms with Crippen LogP contribution in [0.1, 0.15) is 40.9 Å². The van der Waals surface area contributed by atoms with Crippen molar-refractivity contribution in [2.45, 2.75) is 26.2 Å². The number of ether oxygens (including phenoxy) is 1. The molecule has 1 atom stereocenters. The van der Waals surface area contributed by atoms with Crippen molar-refractivity contribution in [3.05, 3.63) is 57.6 Å². The van der Waals surface area contributed by atoms with Crippen LogP contribution in [-0.2, 0) is 0 Å². The summed E-state index contributed by atoms with van der Waals surface area (Å²) >= 11 is 0. The molecule has 5 nitrogen and oxygen atoms in total. The lowest BCUT2D eigenvalue weighted by Crippen LogP contribution is -2.21. The van der Waals surface area contributed by atoms with Gasteiger partial charge < -0.3 is 14.3 Å². The normalized spacial score (nSPS) is 12.0. The number of para-hydroxylation sites is 1. The van der Waals surface area contributed by atoms with Crippen molar-refractivity contribution in [3.63, 3.8) is 0 Å². The smallest absolute Gasteiger partial charge is 0.350 e. The fraction of sp³-hybridized carbons (Fsp3) is 0.294. The number of benzene rings is 1. The van der Waals surface area contributed by atoms with Crippen molar-refractivity contribution in [2.75, 3.05) is 7.11 Å². The Bertz CT molecular complexity index is 745. The third kappa shape index (κ3) is 2.88. The summed E-state index contributed by atoms with van der Waals surface area (Å²) in [6.45, 7) is 3.37. The highest BCUT2D eigenvalue weighted by atomic mass is 16.5. The largest absolute Gasteiger partial charge is 0.507 e. The van der Waals surface area contributed by atoms with Gasteiger partial charge in [0.25, 0.3) is 0 Å². The lowest BCUT2D eigenvalue weighted by atomic mass is 9.88. The van der Waals surface area contributed by atoms with Crippen LogP contribution in [0.3, 0.4) is 0 Å². The topological polar surface area (TPSA) is 76.7 Å². The molecule has 1 aromatic carbocycles. The van der Waals surface area contributed by atoms with Crippen molar-refractivity contribution < 1.29 is 19.1 Å². The minimum Gasteiger partial charge on any atom is -0.507 e. The third-order valence-corrected chi connectivity index (χ3v) is 3.54. The van der Waals surface area contributed by atoms with Crippen LogP contribution in [0.2, 0.25) is 0 Å². The van der Waals surface area contributed by atoms with Crippen LogP contribution in [0, 0.1) is 6.92 Å². The number of aryl methyl sites for hydroxylation is 1. The van der Waals surface area contributed by atoms with E-state index in [9.17, 15) is 14.7 Å². The minimum absolute atomic E-state index is 0.254. The summed E-state index contributed by atoms with van der Waals surface area (Å²) in [5.41, 5.74) is -0.462. The second-order valence-electron chi connectivity index (χ2n) is 4.97. The maximum atomic E-state index is 12.7. The summed E-state index contributed by atoms with van der Waals surface area (Å²) in [5, 5.41) is 9.95. The molecule has 5 heteroatoms. The van der Waals surface area contributed by atoms with Gasteiger partial charge in [-0.15, -0.1) is 0 Å². The SMILES string of the molecule is CCC(C(=O)c1c(O)cc(C)oc1=O)c1ccccc1OC. The van der Waals surface area contributed by atoms with E-state index in [1.807, 2.05) is 6.92 Å². The number of ketones is 1. The van der Waals surface area contributed by atoms with Gasteiger partial charge in [0.05, 0.1) is 13.0 Å². The molecular formula is C17H18O5. The predicted molar refractivity (Wildman–Crippen MR) is 81.7 cm³/mol. The first-order valence-corrected chi connectivity index (χ1v) is 7.00. The van der Waals surface area contributed by atoms with E-state index in [-0.39, 0.29) is 17.1 Å². The molecule has 1 heterocycles. The Morgan fingerprint density at radius 2 is 2.05 bits per heavy atom. The van der Waals surface area contributed by atoms with Crippen LogP contribution in [0.25, 0.3) is 0 Å². The van der Waals surface area contributed by atoms with Crippen molar-refractivity contribution in [3.8, 4) is 11.5 Å². The maximum Gasteiger partial charge on any atom is 0.350 e. The van der Waals surface area contributed by atoms with Gasteiger partial charge in [-0.3, -0.25) is 4.79 Å². The zero-order valence-corrected chi connectivity index (χ0v) is 12.8. The summed E-state index contributed by atoms with van der Waals surface area (Å²) in [4.78, 5) is 24.7. The summed E-state index contributed by atoms with van der Waals surface area (Å²) in [5.74, 6) is -0.596. The van der Waals surface area contributed by atoms with Crippen LogP contribution >= 0.6 is 0 Å². The van der Waals surface area contributed by atoms with Gasteiger partial charge in [-0.25, -0.2) is 4.79 Å². The molecular weight excluding hydrogens is 284 g/mol. The molecule has 0 aliphatic rings. The van der Waals surface area contributed by atoms with Crippen LogP contribution in [0.15, 0.2) is 39.5 Å². The quantitative estimate of drug-likeness (QED) is 0.859. The zero-order chi connectivity index (χ0) is 16.3. The van der Waals surface area contributed by atoms with Gasteiger partial charge in [0.15, 0.2) is 5.78 Å². The molecule has 2 rings (SSSR count). The van der Waals surface area contributed by atoms with Gasteiger partial charge in [-0.2, -0.15) is 0 Å². The molecule has 1 unspecified atom stereocenters. The molecule has 116 valence electrons. The van der Waals surface area contributed by atoms with E-state index >= 15 is 0 Å². The number of carbonyl (C=O) groups is 1. The summed E-state index contributed by atoms with van der Waals surface area (Å²) in [6, 6.07) is 8.40. The second kappa shape index (κ2) is 6.47.